The van der Waals surface area contributed by atoms with Gasteiger partial charge in [0.15, 0.2) is 0 Å². The molecular weight excluding hydrogens is 154 g/mol. The van der Waals surface area contributed by atoms with Crippen LogP contribution in [0.1, 0.15) is 5.69 Å². The molecule has 1 aromatic rings. The predicted molar refractivity (Wildman–Crippen MR) is 38.3 cm³/mol. The molecule has 0 aliphatic rings. The summed E-state index contributed by atoms with van der Waals surface area (Å²) in [5.74, 6) is 4.79. The lowest BCUT2D eigenvalue weighted by atomic mass is 10.5. The van der Waals surface area contributed by atoms with E-state index in [9.17, 15) is 0 Å². The van der Waals surface area contributed by atoms with E-state index in [1.54, 1.807) is 18.6 Å². The molecule has 0 amide bonds. The first-order valence-corrected chi connectivity index (χ1v) is 2.50. The SMILES string of the molecule is Cl.NOCc1cnccn1. The smallest absolute Gasteiger partial charge is 0.112 e. The lowest BCUT2D eigenvalue weighted by Gasteiger charge is -1.93. The Hall–Kier alpha value is -0.710. The van der Waals surface area contributed by atoms with Crippen LogP contribution in [0.3, 0.4) is 0 Å². The van der Waals surface area contributed by atoms with Gasteiger partial charge in [0.05, 0.1) is 11.9 Å². The van der Waals surface area contributed by atoms with Crippen molar-refractivity contribution in [3.8, 4) is 0 Å². The van der Waals surface area contributed by atoms with E-state index >= 15 is 0 Å². The van der Waals surface area contributed by atoms with Crippen LogP contribution in [-0.4, -0.2) is 9.97 Å². The first-order chi connectivity index (χ1) is 4.43. The summed E-state index contributed by atoms with van der Waals surface area (Å²) < 4.78 is 0. The Balaban J connectivity index is 0.000000810. The largest absolute Gasteiger partial charge is 0.298 e. The lowest BCUT2D eigenvalue weighted by molar-refractivity contribution is 0.121. The number of halogens is 1. The van der Waals surface area contributed by atoms with Gasteiger partial charge >= 0.3 is 0 Å². The van der Waals surface area contributed by atoms with Crippen molar-refractivity contribution in [3.05, 3.63) is 24.3 Å². The molecule has 10 heavy (non-hydrogen) atoms. The first kappa shape index (κ1) is 9.29. The highest BCUT2D eigenvalue weighted by Crippen LogP contribution is 1.88. The van der Waals surface area contributed by atoms with Crippen LogP contribution in [0.4, 0.5) is 0 Å². The Morgan fingerprint density at radius 3 is 2.80 bits per heavy atom. The highest BCUT2D eigenvalue weighted by molar-refractivity contribution is 5.85. The van der Waals surface area contributed by atoms with Crippen molar-refractivity contribution in [1.82, 2.24) is 9.97 Å². The minimum atomic E-state index is 0. The van der Waals surface area contributed by atoms with E-state index in [1.807, 2.05) is 0 Å². The molecule has 0 aliphatic heterocycles. The molecule has 1 heterocycles. The fourth-order valence-electron chi connectivity index (χ4n) is 0.490. The summed E-state index contributed by atoms with van der Waals surface area (Å²) in [6.07, 6.45) is 4.79. The van der Waals surface area contributed by atoms with E-state index in [0.717, 1.165) is 5.69 Å². The van der Waals surface area contributed by atoms with Crippen molar-refractivity contribution in [2.75, 3.05) is 0 Å². The van der Waals surface area contributed by atoms with Crippen LogP contribution in [-0.2, 0) is 11.4 Å². The first-order valence-electron chi connectivity index (χ1n) is 2.50. The van der Waals surface area contributed by atoms with Gasteiger partial charge in [0, 0.05) is 12.4 Å². The van der Waals surface area contributed by atoms with Crippen molar-refractivity contribution < 1.29 is 4.84 Å². The van der Waals surface area contributed by atoms with Crippen molar-refractivity contribution in [3.63, 3.8) is 0 Å². The maximum atomic E-state index is 4.79. The van der Waals surface area contributed by atoms with Crippen LogP contribution >= 0.6 is 12.4 Å². The highest BCUT2D eigenvalue weighted by atomic mass is 35.5. The molecule has 0 unspecified atom stereocenters. The maximum absolute atomic E-state index is 4.79. The van der Waals surface area contributed by atoms with Gasteiger partial charge in [0.1, 0.15) is 6.61 Å². The van der Waals surface area contributed by atoms with Gasteiger partial charge in [-0.05, 0) is 0 Å². The maximum Gasteiger partial charge on any atom is 0.112 e. The van der Waals surface area contributed by atoms with Crippen LogP contribution < -0.4 is 5.90 Å². The zero-order chi connectivity index (χ0) is 6.53. The summed E-state index contributed by atoms with van der Waals surface area (Å²) in [7, 11) is 0. The highest BCUT2D eigenvalue weighted by Gasteiger charge is 1.88. The van der Waals surface area contributed by atoms with Gasteiger partial charge in [-0.3, -0.25) is 14.8 Å². The third kappa shape index (κ3) is 2.72. The van der Waals surface area contributed by atoms with Gasteiger partial charge in [-0.25, -0.2) is 5.90 Å². The molecule has 0 radical (unpaired) electrons. The number of aromatic nitrogens is 2. The average Bonchev–Trinajstić information content (AvgIpc) is 1.91. The molecule has 1 aromatic heterocycles. The second-order valence-corrected chi connectivity index (χ2v) is 1.51. The fraction of sp³-hybridized carbons (Fsp3) is 0.200. The van der Waals surface area contributed by atoms with Crippen LogP contribution in [0.2, 0.25) is 0 Å². The quantitative estimate of drug-likeness (QED) is 0.634. The van der Waals surface area contributed by atoms with Crippen molar-refractivity contribution in [1.29, 1.82) is 0 Å². The van der Waals surface area contributed by atoms with Crippen LogP contribution in [0.25, 0.3) is 0 Å². The molecule has 4 nitrogen and oxygen atoms in total. The summed E-state index contributed by atoms with van der Waals surface area (Å²) in [6.45, 7) is 0.313. The minimum Gasteiger partial charge on any atom is -0.298 e. The predicted octanol–water partition coefficient (Wildman–Crippen LogP) is 0.289. The molecule has 0 fully saturated rings. The zero-order valence-corrected chi connectivity index (χ0v) is 6.04. The number of nitrogens with zero attached hydrogens (tertiary/aromatic N) is 2. The second kappa shape index (κ2) is 5.10. The number of hydrogen-bond acceptors (Lipinski definition) is 4. The Morgan fingerprint density at radius 1 is 1.50 bits per heavy atom. The Bertz CT molecular complexity index is 170. The van der Waals surface area contributed by atoms with Gasteiger partial charge in [0.2, 0.25) is 0 Å². The van der Waals surface area contributed by atoms with E-state index < -0.39 is 0 Å². The summed E-state index contributed by atoms with van der Waals surface area (Å²) in [5.41, 5.74) is 0.736. The number of nitrogens with two attached hydrogens (primary N) is 1. The molecule has 0 atom stereocenters. The second-order valence-electron chi connectivity index (χ2n) is 1.51. The summed E-state index contributed by atoms with van der Waals surface area (Å²) in [5, 5.41) is 0. The molecule has 5 heteroatoms. The Kier molecular flexibility index (Phi) is 4.74. The molecule has 56 valence electrons. The van der Waals surface area contributed by atoms with Crippen molar-refractivity contribution in [2.45, 2.75) is 6.61 Å². The van der Waals surface area contributed by atoms with Gasteiger partial charge in [-0.15, -0.1) is 12.4 Å². The molecule has 0 aliphatic carbocycles. The molecular formula is C5H8ClN3O. The molecule has 0 spiro atoms. The van der Waals surface area contributed by atoms with Crippen molar-refractivity contribution in [2.24, 2.45) is 5.90 Å². The van der Waals surface area contributed by atoms with Gasteiger partial charge in [0.25, 0.3) is 0 Å². The number of hydrogen-bond donors (Lipinski definition) is 1. The third-order valence-corrected chi connectivity index (χ3v) is 0.848. The van der Waals surface area contributed by atoms with E-state index in [2.05, 4.69) is 14.8 Å². The van der Waals surface area contributed by atoms with E-state index in [1.165, 1.54) is 0 Å². The molecule has 0 bridgehead atoms. The lowest BCUT2D eigenvalue weighted by Crippen LogP contribution is -2.00. The van der Waals surface area contributed by atoms with Crippen molar-refractivity contribution >= 4 is 12.4 Å². The molecule has 0 saturated carbocycles. The van der Waals surface area contributed by atoms with Crippen LogP contribution in [0, 0.1) is 0 Å². The van der Waals surface area contributed by atoms with Gasteiger partial charge in [-0.2, -0.15) is 0 Å². The monoisotopic (exact) mass is 161 g/mol. The van der Waals surface area contributed by atoms with E-state index in [-0.39, 0.29) is 12.4 Å². The molecule has 2 N–H and O–H groups in total. The van der Waals surface area contributed by atoms with Gasteiger partial charge < -0.3 is 0 Å². The van der Waals surface area contributed by atoms with Crippen LogP contribution in [0.5, 0.6) is 0 Å². The standard InChI is InChI=1S/C5H7N3O.ClH/c6-9-4-5-3-7-1-2-8-5;/h1-3H,4,6H2;1H. The van der Waals surface area contributed by atoms with Crippen LogP contribution in [0.15, 0.2) is 18.6 Å². The number of rotatable bonds is 2. The molecule has 0 saturated heterocycles. The Morgan fingerprint density at radius 2 is 2.30 bits per heavy atom. The minimum absolute atomic E-state index is 0. The van der Waals surface area contributed by atoms with E-state index in [0.29, 0.717) is 6.61 Å². The fourth-order valence-corrected chi connectivity index (χ4v) is 0.490. The summed E-state index contributed by atoms with van der Waals surface area (Å²) in [4.78, 5) is 12.0. The average molecular weight is 162 g/mol. The third-order valence-electron chi connectivity index (χ3n) is 0.848. The normalized spacial score (nSPS) is 8.50. The summed E-state index contributed by atoms with van der Waals surface area (Å²) >= 11 is 0. The van der Waals surface area contributed by atoms with E-state index in [4.69, 9.17) is 5.90 Å². The van der Waals surface area contributed by atoms with Gasteiger partial charge in [-0.1, -0.05) is 0 Å². The molecule has 1 rings (SSSR count). The zero-order valence-electron chi connectivity index (χ0n) is 5.23. The topological polar surface area (TPSA) is 61.0 Å². The molecule has 0 aromatic carbocycles. The summed E-state index contributed by atoms with van der Waals surface area (Å²) in [6, 6.07) is 0. The Labute approximate surface area is 64.8 Å².